The third kappa shape index (κ3) is 5.32. The normalized spacial score (nSPS) is 15.8. The second-order valence-electron chi connectivity index (χ2n) is 6.81. The molecule has 1 aromatic heterocycles. The molecule has 1 aliphatic heterocycles. The Morgan fingerprint density at radius 2 is 1.87 bits per heavy atom. The summed E-state index contributed by atoms with van der Waals surface area (Å²) in [7, 11) is 0. The van der Waals surface area contributed by atoms with Crippen LogP contribution in [0.1, 0.15) is 22.6 Å². The fraction of sp³-hybridized carbons (Fsp3) is 0.174. The van der Waals surface area contributed by atoms with Gasteiger partial charge >= 0.3 is 11.9 Å². The van der Waals surface area contributed by atoms with E-state index in [4.69, 9.17) is 15.5 Å². The van der Waals surface area contributed by atoms with Gasteiger partial charge < -0.3 is 10.2 Å². The van der Waals surface area contributed by atoms with Crippen molar-refractivity contribution in [2.75, 3.05) is 13.1 Å². The average Bonchev–Trinajstić information content (AvgIpc) is 3.20. The number of rotatable bonds is 4. The molecule has 30 heavy (non-hydrogen) atoms. The minimum atomic E-state index is -1.26. The Bertz CT molecular complexity index is 1110. The van der Waals surface area contributed by atoms with Crippen molar-refractivity contribution in [2.24, 2.45) is 0 Å². The van der Waals surface area contributed by atoms with Crippen molar-refractivity contribution >= 4 is 33.4 Å². The second kappa shape index (κ2) is 9.83. The zero-order valence-corrected chi connectivity index (χ0v) is 16.9. The van der Waals surface area contributed by atoms with Crippen LogP contribution in [0.3, 0.4) is 0 Å². The minimum Gasteiger partial charge on any atom is -0.478 e. The summed E-state index contributed by atoms with van der Waals surface area (Å²) in [6, 6.07) is 19.9. The zero-order valence-electron chi connectivity index (χ0n) is 16.1. The van der Waals surface area contributed by atoms with Crippen LogP contribution in [0.15, 0.2) is 66.1 Å². The van der Waals surface area contributed by atoms with Crippen molar-refractivity contribution in [2.45, 2.75) is 12.5 Å². The van der Waals surface area contributed by atoms with Gasteiger partial charge in [0, 0.05) is 35.9 Å². The molecule has 6 nitrogen and oxygen atoms in total. The smallest absolute Gasteiger partial charge is 0.328 e. The summed E-state index contributed by atoms with van der Waals surface area (Å²) < 4.78 is 1.33. The molecule has 2 heterocycles. The summed E-state index contributed by atoms with van der Waals surface area (Å²) in [5, 5.41) is 28.1. The first kappa shape index (κ1) is 21.2. The first-order valence-electron chi connectivity index (χ1n) is 9.26. The maximum atomic E-state index is 9.55. The molecule has 0 amide bonds. The molecule has 1 atom stereocenters. The third-order valence-electron chi connectivity index (χ3n) is 4.81. The van der Waals surface area contributed by atoms with Crippen LogP contribution in [0.25, 0.3) is 10.1 Å². The predicted molar refractivity (Wildman–Crippen MR) is 115 cm³/mol. The van der Waals surface area contributed by atoms with Crippen molar-refractivity contribution in [3.8, 4) is 6.07 Å². The van der Waals surface area contributed by atoms with Gasteiger partial charge in [-0.05, 0) is 45.7 Å². The predicted octanol–water partition coefficient (Wildman–Crippen LogP) is 4.08. The Kier molecular flexibility index (Phi) is 6.96. The van der Waals surface area contributed by atoms with Crippen LogP contribution >= 0.6 is 11.3 Å². The molecule has 0 aliphatic carbocycles. The summed E-state index contributed by atoms with van der Waals surface area (Å²) in [4.78, 5) is 21.3. The largest absolute Gasteiger partial charge is 0.478 e. The van der Waals surface area contributed by atoms with Crippen LogP contribution in [0, 0.1) is 11.3 Å². The molecular weight excluding hydrogens is 400 g/mol. The lowest BCUT2D eigenvalue weighted by Gasteiger charge is -2.33. The first-order valence-corrected chi connectivity index (χ1v) is 10.1. The molecule has 3 aromatic rings. The minimum absolute atomic E-state index is 0.350. The maximum absolute atomic E-state index is 9.55. The first-order chi connectivity index (χ1) is 14.5. The SMILES string of the molecule is N#CCN1Cc2ccccc2C(c2ccc3sccc3c2)C1.O=C(O)/C=C/C(=O)O. The van der Waals surface area contributed by atoms with Crippen molar-refractivity contribution in [3.63, 3.8) is 0 Å². The molecular formula is C23H20N2O4S. The number of carboxylic acid groups (broad SMARTS) is 2. The van der Waals surface area contributed by atoms with Gasteiger partial charge in [0.05, 0.1) is 12.6 Å². The van der Waals surface area contributed by atoms with Crippen LogP contribution in [0.4, 0.5) is 0 Å². The number of hydrogen-bond donors (Lipinski definition) is 2. The summed E-state index contributed by atoms with van der Waals surface area (Å²) in [5.41, 5.74) is 4.10. The molecule has 4 rings (SSSR count). The van der Waals surface area contributed by atoms with Gasteiger partial charge in [-0.15, -0.1) is 11.3 Å². The topological polar surface area (TPSA) is 102 Å². The van der Waals surface area contributed by atoms with Gasteiger partial charge in [-0.25, -0.2) is 9.59 Å². The van der Waals surface area contributed by atoms with Crippen LogP contribution in [-0.4, -0.2) is 40.1 Å². The molecule has 1 unspecified atom stereocenters. The number of carboxylic acids is 2. The molecule has 0 fully saturated rings. The Balaban J connectivity index is 0.000000275. The summed E-state index contributed by atoms with van der Waals surface area (Å²) in [5.74, 6) is -2.16. The maximum Gasteiger partial charge on any atom is 0.328 e. The van der Waals surface area contributed by atoms with Crippen molar-refractivity contribution < 1.29 is 19.8 Å². The van der Waals surface area contributed by atoms with Crippen molar-refractivity contribution in [1.82, 2.24) is 4.90 Å². The van der Waals surface area contributed by atoms with Crippen LogP contribution in [0.2, 0.25) is 0 Å². The van der Waals surface area contributed by atoms with Crippen LogP contribution in [0.5, 0.6) is 0 Å². The van der Waals surface area contributed by atoms with Gasteiger partial charge in [0.25, 0.3) is 0 Å². The highest BCUT2D eigenvalue weighted by Crippen LogP contribution is 2.35. The van der Waals surface area contributed by atoms with E-state index in [9.17, 15) is 9.59 Å². The molecule has 1 aliphatic rings. The number of thiophene rings is 1. The van der Waals surface area contributed by atoms with E-state index in [1.807, 2.05) is 0 Å². The highest BCUT2D eigenvalue weighted by Gasteiger charge is 2.26. The van der Waals surface area contributed by atoms with Gasteiger partial charge in [-0.1, -0.05) is 30.3 Å². The molecule has 0 radical (unpaired) electrons. The number of nitrogens with zero attached hydrogens (tertiary/aromatic N) is 2. The van der Waals surface area contributed by atoms with Gasteiger partial charge in [-0.2, -0.15) is 5.26 Å². The molecule has 2 aromatic carbocycles. The highest BCUT2D eigenvalue weighted by atomic mass is 32.1. The Morgan fingerprint density at radius 1 is 1.13 bits per heavy atom. The van der Waals surface area contributed by atoms with Gasteiger partial charge in [0.1, 0.15) is 0 Å². The third-order valence-corrected chi connectivity index (χ3v) is 5.70. The number of hydrogen-bond acceptors (Lipinski definition) is 5. The average molecular weight is 420 g/mol. The van der Waals surface area contributed by atoms with E-state index < -0.39 is 11.9 Å². The number of carbonyl (C=O) groups is 2. The van der Waals surface area contributed by atoms with E-state index in [1.54, 1.807) is 11.3 Å². The lowest BCUT2D eigenvalue weighted by Crippen LogP contribution is -2.34. The Morgan fingerprint density at radius 3 is 2.57 bits per heavy atom. The lowest BCUT2D eigenvalue weighted by molar-refractivity contribution is -0.134. The van der Waals surface area contributed by atoms with E-state index in [2.05, 4.69) is 64.9 Å². The molecule has 7 heteroatoms. The molecule has 0 saturated carbocycles. The molecule has 0 spiro atoms. The fourth-order valence-electron chi connectivity index (χ4n) is 3.53. The zero-order chi connectivity index (χ0) is 21.5. The van der Waals surface area contributed by atoms with Gasteiger partial charge in [0.15, 0.2) is 0 Å². The van der Waals surface area contributed by atoms with E-state index >= 15 is 0 Å². The molecule has 0 saturated heterocycles. The Hall–Kier alpha value is -3.47. The summed E-state index contributed by atoms with van der Waals surface area (Å²) in [6.07, 6.45) is 1.12. The van der Waals surface area contributed by atoms with Crippen molar-refractivity contribution in [1.29, 1.82) is 5.26 Å². The summed E-state index contributed by atoms with van der Waals surface area (Å²) >= 11 is 1.78. The molecule has 0 bridgehead atoms. The monoisotopic (exact) mass is 420 g/mol. The van der Waals surface area contributed by atoms with E-state index in [0.29, 0.717) is 24.6 Å². The van der Waals surface area contributed by atoms with E-state index in [-0.39, 0.29) is 0 Å². The lowest BCUT2D eigenvalue weighted by atomic mass is 9.84. The molecule has 152 valence electrons. The molecule has 2 N–H and O–H groups in total. The van der Waals surface area contributed by atoms with E-state index in [0.717, 1.165) is 13.1 Å². The number of aliphatic carboxylic acids is 2. The number of fused-ring (bicyclic) bond motifs is 2. The highest BCUT2D eigenvalue weighted by molar-refractivity contribution is 7.17. The standard InChI is InChI=1S/C19H16N2S.C4H4O4/c20-8-9-21-12-16-3-1-2-4-17(16)18(13-21)14-5-6-19-15(11-14)7-10-22-19;5-3(6)1-2-4(7)8/h1-7,10-11,18H,9,12-13H2;1-2H,(H,5,6)(H,7,8)/b;2-1+. The van der Waals surface area contributed by atoms with Crippen LogP contribution in [-0.2, 0) is 16.1 Å². The fourth-order valence-corrected chi connectivity index (χ4v) is 4.30. The second-order valence-corrected chi connectivity index (χ2v) is 7.75. The van der Waals surface area contributed by atoms with Crippen molar-refractivity contribution in [3.05, 3.63) is 82.8 Å². The number of benzene rings is 2. The number of nitriles is 1. The quantitative estimate of drug-likeness (QED) is 0.487. The Labute approximate surface area is 177 Å². The van der Waals surface area contributed by atoms with Crippen LogP contribution < -0.4 is 0 Å². The van der Waals surface area contributed by atoms with E-state index in [1.165, 1.54) is 26.8 Å². The van der Waals surface area contributed by atoms with Gasteiger partial charge in [-0.3, -0.25) is 4.90 Å². The van der Waals surface area contributed by atoms with Gasteiger partial charge in [0.2, 0.25) is 0 Å². The summed E-state index contributed by atoms with van der Waals surface area (Å²) in [6.45, 7) is 2.28.